The lowest BCUT2D eigenvalue weighted by Crippen LogP contribution is -2.34. The Kier molecular flexibility index (Phi) is 3.79. The Morgan fingerprint density at radius 3 is 2.74 bits per heavy atom. The van der Waals surface area contributed by atoms with E-state index in [9.17, 15) is 0 Å². The third-order valence-corrected chi connectivity index (χ3v) is 5.11. The number of nitrogens with zero attached hydrogens (tertiary/aromatic N) is 1. The highest BCUT2D eigenvalue weighted by molar-refractivity contribution is 5.60. The van der Waals surface area contributed by atoms with Crippen molar-refractivity contribution in [2.45, 2.75) is 44.6 Å². The van der Waals surface area contributed by atoms with Crippen molar-refractivity contribution in [2.75, 3.05) is 25.0 Å². The van der Waals surface area contributed by atoms with E-state index >= 15 is 0 Å². The summed E-state index contributed by atoms with van der Waals surface area (Å²) in [7, 11) is 2.08. The minimum Gasteiger partial charge on any atom is -0.370 e. The first-order chi connectivity index (χ1) is 9.29. The van der Waals surface area contributed by atoms with Gasteiger partial charge in [0, 0.05) is 30.7 Å². The molecule has 1 aliphatic heterocycles. The summed E-state index contributed by atoms with van der Waals surface area (Å²) in [5.74, 6) is 1.57. The molecular weight excluding hydrogens is 232 g/mol. The van der Waals surface area contributed by atoms with Gasteiger partial charge in [0.05, 0.1) is 0 Å². The van der Waals surface area contributed by atoms with E-state index in [2.05, 4.69) is 48.5 Å². The number of likely N-dealkylation sites (N-methyl/N-ethyl adjacent to an activating group) is 1. The number of hydrogen-bond donors (Lipinski definition) is 1. The molecule has 0 radical (unpaired) electrons. The Balaban J connectivity index is 1.79. The van der Waals surface area contributed by atoms with Crippen molar-refractivity contribution < 1.29 is 0 Å². The van der Waals surface area contributed by atoms with Crippen molar-refractivity contribution in [3.63, 3.8) is 0 Å². The maximum Gasteiger partial charge on any atom is 0.0403 e. The first kappa shape index (κ1) is 13.0. The molecule has 2 unspecified atom stereocenters. The minimum atomic E-state index is 0.551. The lowest BCUT2D eigenvalue weighted by atomic mass is 9.95. The molecule has 1 fully saturated rings. The fraction of sp³-hybridized carbons (Fsp3) is 0.647. The number of anilines is 1. The van der Waals surface area contributed by atoms with Gasteiger partial charge in [0.15, 0.2) is 0 Å². The van der Waals surface area contributed by atoms with E-state index in [1.807, 2.05) is 0 Å². The molecular formula is C17H26N2. The van der Waals surface area contributed by atoms with Gasteiger partial charge in [0.1, 0.15) is 0 Å². The average Bonchev–Trinajstić information content (AvgIpc) is 3.07. The Bertz CT molecular complexity index is 423. The largest absolute Gasteiger partial charge is 0.370 e. The zero-order chi connectivity index (χ0) is 13.2. The molecule has 0 aromatic heterocycles. The third kappa shape index (κ3) is 2.51. The predicted octanol–water partition coefficient (Wildman–Crippen LogP) is 3.39. The summed E-state index contributed by atoms with van der Waals surface area (Å²) in [4.78, 5) is 2.64. The second-order valence-electron chi connectivity index (χ2n) is 6.30. The zero-order valence-corrected chi connectivity index (χ0v) is 12.2. The molecule has 104 valence electrons. The summed E-state index contributed by atoms with van der Waals surface area (Å²) >= 11 is 0. The van der Waals surface area contributed by atoms with E-state index in [0.717, 1.165) is 5.92 Å². The van der Waals surface area contributed by atoms with Crippen LogP contribution in [0.5, 0.6) is 0 Å². The van der Waals surface area contributed by atoms with Crippen LogP contribution in [0.15, 0.2) is 24.3 Å². The van der Waals surface area contributed by atoms with Crippen LogP contribution in [0.4, 0.5) is 5.69 Å². The smallest absolute Gasteiger partial charge is 0.0403 e. The molecule has 3 rings (SSSR count). The number of nitrogens with one attached hydrogen (secondary N) is 1. The molecule has 2 nitrogen and oxygen atoms in total. The molecule has 2 aliphatic rings. The Morgan fingerprint density at radius 1 is 1.26 bits per heavy atom. The van der Waals surface area contributed by atoms with E-state index in [1.165, 1.54) is 44.5 Å². The van der Waals surface area contributed by atoms with Crippen LogP contribution >= 0.6 is 0 Å². The summed E-state index contributed by atoms with van der Waals surface area (Å²) in [6.45, 7) is 4.77. The third-order valence-electron chi connectivity index (χ3n) is 5.11. The Hall–Kier alpha value is -1.02. The van der Waals surface area contributed by atoms with Gasteiger partial charge in [-0.15, -0.1) is 0 Å². The quantitative estimate of drug-likeness (QED) is 0.890. The van der Waals surface area contributed by atoms with Crippen molar-refractivity contribution in [3.05, 3.63) is 29.8 Å². The second kappa shape index (κ2) is 5.54. The van der Waals surface area contributed by atoms with Gasteiger partial charge in [0.25, 0.3) is 0 Å². The molecule has 1 N–H and O–H groups in total. The van der Waals surface area contributed by atoms with Crippen LogP contribution in [-0.2, 0) is 0 Å². The van der Waals surface area contributed by atoms with Gasteiger partial charge in [-0.1, -0.05) is 31.0 Å². The van der Waals surface area contributed by atoms with Gasteiger partial charge in [-0.05, 0) is 44.4 Å². The minimum absolute atomic E-state index is 0.551. The van der Waals surface area contributed by atoms with Gasteiger partial charge in [0.2, 0.25) is 0 Å². The van der Waals surface area contributed by atoms with E-state index in [4.69, 9.17) is 0 Å². The standard InChI is InChI=1S/C17H26N2/c1-13(18-2)16-12-19(11-14-7-3-4-8-14)17-10-6-5-9-15(16)17/h5-6,9-10,13-14,16,18H,3-4,7-8,11-12H2,1-2H3. The molecule has 1 aromatic carbocycles. The topological polar surface area (TPSA) is 15.3 Å². The fourth-order valence-electron chi connectivity index (χ4n) is 3.83. The Labute approximate surface area is 117 Å². The van der Waals surface area contributed by atoms with Crippen molar-refractivity contribution in [3.8, 4) is 0 Å². The molecule has 2 atom stereocenters. The molecule has 0 amide bonds. The molecule has 2 heteroatoms. The molecule has 0 spiro atoms. The summed E-state index contributed by atoms with van der Waals surface area (Å²) in [5, 5.41) is 3.44. The highest BCUT2D eigenvalue weighted by atomic mass is 15.2. The predicted molar refractivity (Wildman–Crippen MR) is 81.9 cm³/mol. The van der Waals surface area contributed by atoms with Crippen LogP contribution in [0, 0.1) is 5.92 Å². The lowest BCUT2D eigenvalue weighted by molar-refractivity contribution is 0.484. The van der Waals surface area contributed by atoms with Gasteiger partial charge in [-0.25, -0.2) is 0 Å². The molecule has 0 saturated heterocycles. The van der Waals surface area contributed by atoms with Gasteiger partial charge in [-0.2, -0.15) is 0 Å². The van der Waals surface area contributed by atoms with Crippen molar-refractivity contribution in [1.82, 2.24) is 5.32 Å². The van der Waals surface area contributed by atoms with E-state index < -0.39 is 0 Å². The van der Waals surface area contributed by atoms with E-state index in [0.29, 0.717) is 12.0 Å². The fourth-order valence-corrected chi connectivity index (χ4v) is 3.83. The van der Waals surface area contributed by atoms with Crippen LogP contribution in [0.3, 0.4) is 0 Å². The first-order valence-corrected chi connectivity index (χ1v) is 7.80. The van der Waals surface area contributed by atoms with E-state index in [-0.39, 0.29) is 0 Å². The number of benzene rings is 1. The number of fused-ring (bicyclic) bond motifs is 1. The maximum absolute atomic E-state index is 3.44. The summed E-state index contributed by atoms with van der Waals surface area (Å²) in [5.41, 5.74) is 3.03. The summed E-state index contributed by atoms with van der Waals surface area (Å²) < 4.78 is 0. The van der Waals surface area contributed by atoms with Crippen LogP contribution in [-0.4, -0.2) is 26.2 Å². The first-order valence-electron chi connectivity index (χ1n) is 7.80. The van der Waals surface area contributed by atoms with Crippen LogP contribution in [0.2, 0.25) is 0 Å². The lowest BCUT2D eigenvalue weighted by Gasteiger charge is -2.25. The highest BCUT2D eigenvalue weighted by Gasteiger charge is 2.32. The maximum atomic E-state index is 3.44. The van der Waals surface area contributed by atoms with Gasteiger partial charge >= 0.3 is 0 Å². The average molecular weight is 258 g/mol. The molecule has 1 saturated carbocycles. The molecule has 0 bridgehead atoms. The zero-order valence-electron chi connectivity index (χ0n) is 12.2. The number of para-hydroxylation sites is 1. The molecule has 1 heterocycles. The summed E-state index contributed by atoms with van der Waals surface area (Å²) in [6, 6.07) is 9.56. The normalized spacial score (nSPS) is 24.7. The highest BCUT2D eigenvalue weighted by Crippen LogP contribution is 2.39. The molecule has 19 heavy (non-hydrogen) atoms. The van der Waals surface area contributed by atoms with Gasteiger partial charge < -0.3 is 10.2 Å². The number of hydrogen-bond acceptors (Lipinski definition) is 2. The monoisotopic (exact) mass is 258 g/mol. The van der Waals surface area contributed by atoms with E-state index in [1.54, 1.807) is 5.56 Å². The van der Waals surface area contributed by atoms with Crippen molar-refractivity contribution in [2.24, 2.45) is 5.92 Å². The SMILES string of the molecule is CNC(C)C1CN(CC2CCCC2)c2ccccc21. The van der Waals surface area contributed by atoms with Crippen molar-refractivity contribution >= 4 is 5.69 Å². The van der Waals surface area contributed by atoms with Crippen molar-refractivity contribution in [1.29, 1.82) is 0 Å². The summed E-state index contributed by atoms with van der Waals surface area (Å²) in [6.07, 6.45) is 5.75. The Morgan fingerprint density at radius 2 is 2.00 bits per heavy atom. The number of rotatable bonds is 4. The van der Waals surface area contributed by atoms with Crippen LogP contribution in [0.25, 0.3) is 0 Å². The van der Waals surface area contributed by atoms with Crippen LogP contribution < -0.4 is 10.2 Å². The van der Waals surface area contributed by atoms with Crippen LogP contribution in [0.1, 0.15) is 44.1 Å². The molecule has 1 aromatic rings. The van der Waals surface area contributed by atoms with Gasteiger partial charge in [-0.3, -0.25) is 0 Å². The molecule has 1 aliphatic carbocycles. The second-order valence-corrected chi connectivity index (χ2v) is 6.30.